The largest absolute Gasteiger partial charge is 0.493 e. The standard InChI is InChI=1S/C15H21ClO2/c1-10(2)11-4-3-5-14(7-11)18-9-12-6-13(16)8-15(12)17/h3-5,7,10,12-13,15,17H,6,8-9H2,1-2H3/t12-,13-,15+/m0/s1. The Morgan fingerprint density at radius 1 is 1.39 bits per heavy atom. The summed E-state index contributed by atoms with van der Waals surface area (Å²) < 4.78 is 5.78. The van der Waals surface area contributed by atoms with Gasteiger partial charge in [0.1, 0.15) is 5.75 Å². The van der Waals surface area contributed by atoms with E-state index in [0.717, 1.165) is 12.2 Å². The molecule has 0 aromatic heterocycles. The van der Waals surface area contributed by atoms with Gasteiger partial charge in [-0.1, -0.05) is 26.0 Å². The molecule has 1 N–H and O–H groups in total. The first-order valence-corrected chi connectivity index (χ1v) is 7.04. The molecule has 0 bridgehead atoms. The maximum atomic E-state index is 9.82. The van der Waals surface area contributed by atoms with Gasteiger partial charge in [0.25, 0.3) is 0 Å². The van der Waals surface area contributed by atoms with Crippen LogP contribution in [0.4, 0.5) is 0 Å². The van der Waals surface area contributed by atoms with Crippen molar-refractivity contribution in [3.63, 3.8) is 0 Å². The van der Waals surface area contributed by atoms with Crippen LogP contribution in [-0.4, -0.2) is 23.2 Å². The highest BCUT2D eigenvalue weighted by molar-refractivity contribution is 6.20. The summed E-state index contributed by atoms with van der Waals surface area (Å²) in [5, 5.41) is 9.91. The molecule has 1 fully saturated rings. The number of alkyl halides is 1. The summed E-state index contributed by atoms with van der Waals surface area (Å²) in [6.07, 6.45) is 1.20. The molecule has 1 aromatic rings. The van der Waals surface area contributed by atoms with E-state index in [-0.39, 0.29) is 17.4 Å². The van der Waals surface area contributed by atoms with Crippen molar-refractivity contribution in [1.82, 2.24) is 0 Å². The number of halogens is 1. The third-order valence-electron chi connectivity index (χ3n) is 3.59. The first kappa shape index (κ1) is 13.7. The van der Waals surface area contributed by atoms with E-state index in [1.54, 1.807) is 0 Å². The van der Waals surface area contributed by atoms with Gasteiger partial charge in [0, 0.05) is 11.3 Å². The Labute approximate surface area is 114 Å². The molecule has 100 valence electrons. The van der Waals surface area contributed by atoms with Crippen LogP contribution in [0.25, 0.3) is 0 Å². The molecule has 0 unspecified atom stereocenters. The van der Waals surface area contributed by atoms with Gasteiger partial charge in [0.15, 0.2) is 0 Å². The third kappa shape index (κ3) is 3.39. The van der Waals surface area contributed by atoms with Crippen molar-refractivity contribution in [2.24, 2.45) is 5.92 Å². The zero-order valence-electron chi connectivity index (χ0n) is 11.0. The molecule has 0 aliphatic heterocycles. The minimum absolute atomic E-state index is 0.0931. The Balaban J connectivity index is 1.92. The smallest absolute Gasteiger partial charge is 0.119 e. The van der Waals surface area contributed by atoms with Crippen LogP contribution >= 0.6 is 11.6 Å². The fraction of sp³-hybridized carbons (Fsp3) is 0.600. The summed E-state index contributed by atoms with van der Waals surface area (Å²) in [4.78, 5) is 0. The van der Waals surface area contributed by atoms with Gasteiger partial charge in [0.05, 0.1) is 12.7 Å². The van der Waals surface area contributed by atoms with E-state index in [9.17, 15) is 5.11 Å². The quantitative estimate of drug-likeness (QED) is 0.846. The minimum Gasteiger partial charge on any atom is -0.493 e. The van der Waals surface area contributed by atoms with Crippen LogP contribution in [0.2, 0.25) is 0 Å². The van der Waals surface area contributed by atoms with Gasteiger partial charge >= 0.3 is 0 Å². The van der Waals surface area contributed by atoms with Crippen LogP contribution in [0.1, 0.15) is 38.2 Å². The lowest BCUT2D eigenvalue weighted by Gasteiger charge is -2.16. The van der Waals surface area contributed by atoms with Gasteiger partial charge in [-0.05, 0) is 36.5 Å². The van der Waals surface area contributed by atoms with Gasteiger partial charge in [-0.2, -0.15) is 0 Å². The molecule has 0 amide bonds. The molecule has 3 heteroatoms. The molecule has 1 aliphatic rings. The summed E-state index contributed by atoms with van der Waals surface area (Å²) in [6.45, 7) is 4.88. The van der Waals surface area contributed by atoms with Crippen LogP contribution in [0, 0.1) is 5.92 Å². The highest BCUT2D eigenvalue weighted by atomic mass is 35.5. The van der Waals surface area contributed by atoms with Gasteiger partial charge in [0.2, 0.25) is 0 Å². The maximum absolute atomic E-state index is 9.82. The topological polar surface area (TPSA) is 29.5 Å². The summed E-state index contributed by atoms with van der Waals surface area (Å²) in [6, 6.07) is 8.16. The number of rotatable bonds is 4. The number of aliphatic hydroxyl groups is 1. The van der Waals surface area contributed by atoms with E-state index in [1.807, 2.05) is 12.1 Å². The van der Waals surface area contributed by atoms with Gasteiger partial charge in [-0.3, -0.25) is 0 Å². The number of hydrogen-bond acceptors (Lipinski definition) is 2. The monoisotopic (exact) mass is 268 g/mol. The van der Waals surface area contributed by atoms with Gasteiger partial charge < -0.3 is 9.84 Å². The van der Waals surface area contributed by atoms with Crippen molar-refractivity contribution in [3.8, 4) is 5.75 Å². The molecule has 0 saturated heterocycles. The molecule has 3 atom stereocenters. The Bertz CT molecular complexity index is 392. The number of aliphatic hydroxyl groups excluding tert-OH is 1. The van der Waals surface area contributed by atoms with Crippen LogP contribution < -0.4 is 4.74 Å². The van der Waals surface area contributed by atoms with Crippen molar-refractivity contribution < 1.29 is 9.84 Å². The Kier molecular flexibility index (Phi) is 4.52. The van der Waals surface area contributed by atoms with Crippen molar-refractivity contribution in [2.75, 3.05) is 6.61 Å². The zero-order valence-corrected chi connectivity index (χ0v) is 11.7. The first-order chi connectivity index (χ1) is 8.56. The Morgan fingerprint density at radius 3 is 2.78 bits per heavy atom. The van der Waals surface area contributed by atoms with Crippen molar-refractivity contribution in [3.05, 3.63) is 29.8 Å². The molecule has 0 spiro atoms. The molecule has 2 rings (SSSR count). The van der Waals surface area contributed by atoms with Crippen molar-refractivity contribution >= 4 is 11.6 Å². The van der Waals surface area contributed by atoms with E-state index >= 15 is 0 Å². The van der Waals surface area contributed by atoms with E-state index in [2.05, 4.69) is 26.0 Å². The van der Waals surface area contributed by atoms with Gasteiger partial charge in [-0.25, -0.2) is 0 Å². The van der Waals surface area contributed by atoms with E-state index in [0.29, 0.717) is 18.9 Å². The van der Waals surface area contributed by atoms with E-state index in [1.165, 1.54) is 5.56 Å². The number of hydrogen-bond donors (Lipinski definition) is 1. The summed E-state index contributed by atoms with van der Waals surface area (Å²) >= 11 is 6.03. The predicted octanol–water partition coefficient (Wildman–Crippen LogP) is 3.57. The maximum Gasteiger partial charge on any atom is 0.119 e. The summed E-state index contributed by atoms with van der Waals surface area (Å²) in [5.74, 6) is 1.54. The molecule has 18 heavy (non-hydrogen) atoms. The molecular formula is C15H21ClO2. The molecule has 1 saturated carbocycles. The molecule has 0 heterocycles. The molecule has 2 nitrogen and oxygen atoms in total. The molecule has 0 radical (unpaired) electrons. The average molecular weight is 269 g/mol. The molecule has 1 aliphatic carbocycles. The number of ether oxygens (including phenoxy) is 1. The summed E-state index contributed by atoms with van der Waals surface area (Å²) in [7, 11) is 0. The van der Waals surface area contributed by atoms with Crippen LogP contribution in [0.15, 0.2) is 24.3 Å². The number of benzene rings is 1. The van der Waals surface area contributed by atoms with Gasteiger partial charge in [-0.15, -0.1) is 11.6 Å². The molecule has 1 aromatic carbocycles. The zero-order chi connectivity index (χ0) is 13.1. The Morgan fingerprint density at radius 2 is 2.17 bits per heavy atom. The van der Waals surface area contributed by atoms with Crippen molar-refractivity contribution in [2.45, 2.75) is 44.1 Å². The first-order valence-electron chi connectivity index (χ1n) is 6.61. The van der Waals surface area contributed by atoms with Crippen LogP contribution in [-0.2, 0) is 0 Å². The SMILES string of the molecule is CC(C)c1cccc(OC[C@@H]2C[C@H](Cl)C[C@H]2O)c1. The van der Waals surface area contributed by atoms with E-state index < -0.39 is 0 Å². The van der Waals surface area contributed by atoms with E-state index in [4.69, 9.17) is 16.3 Å². The normalized spacial score (nSPS) is 27.7. The lowest BCUT2D eigenvalue weighted by molar-refractivity contribution is 0.0986. The van der Waals surface area contributed by atoms with Crippen LogP contribution in [0.5, 0.6) is 5.75 Å². The lowest BCUT2D eigenvalue weighted by atomic mass is 10.0. The average Bonchev–Trinajstić information content (AvgIpc) is 2.65. The molecular weight excluding hydrogens is 248 g/mol. The lowest BCUT2D eigenvalue weighted by Crippen LogP contribution is -2.20. The highest BCUT2D eigenvalue weighted by Gasteiger charge is 2.32. The van der Waals surface area contributed by atoms with Crippen molar-refractivity contribution in [1.29, 1.82) is 0 Å². The minimum atomic E-state index is -0.319. The summed E-state index contributed by atoms with van der Waals surface area (Å²) in [5.41, 5.74) is 1.27. The second-order valence-corrected chi connectivity index (χ2v) is 6.05. The fourth-order valence-electron chi connectivity index (χ4n) is 2.38. The third-order valence-corrected chi connectivity index (χ3v) is 3.95. The predicted molar refractivity (Wildman–Crippen MR) is 74.4 cm³/mol. The van der Waals surface area contributed by atoms with Crippen LogP contribution in [0.3, 0.4) is 0 Å². The fourth-order valence-corrected chi connectivity index (χ4v) is 2.79. The highest BCUT2D eigenvalue weighted by Crippen LogP contribution is 2.30. The second-order valence-electron chi connectivity index (χ2n) is 5.43. The second kappa shape index (κ2) is 5.94. The Hall–Kier alpha value is -0.730.